The van der Waals surface area contributed by atoms with Crippen LogP contribution in [-0.4, -0.2) is 129 Å². The SMILES string of the molecule is O=C([O-])CN1CCN(CC(=O)[O-])CCN(Cc2ccc3c(n2)c2ncccc2c2nc4c(nc32)CCCC4)CCN(CC(=O)[O-])CC1. The molecular formula is C33H37N8O6-3. The smallest absolute Gasteiger partial charge is 0.0992 e. The second-order valence-corrected chi connectivity index (χ2v) is 12.3. The van der Waals surface area contributed by atoms with Gasteiger partial charge in [-0.25, -0.2) is 15.0 Å². The summed E-state index contributed by atoms with van der Waals surface area (Å²) in [5.74, 6) is -3.70. The molecule has 1 aliphatic heterocycles. The van der Waals surface area contributed by atoms with Crippen molar-refractivity contribution in [2.24, 2.45) is 0 Å². The van der Waals surface area contributed by atoms with E-state index < -0.39 is 17.9 Å². The number of hydrogen-bond acceptors (Lipinski definition) is 14. The van der Waals surface area contributed by atoms with Gasteiger partial charge in [0.15, 0.2) is 0 Å². The molecule has 3 aromatic heterocycles. The molecule has 0 amide bonds. The van der Waals surface area contributed by atoms with E-state index in [2.05, 4.69) is 4.90 Å². The van der Waals surface area contributed by atoms with Crippen LogP contribution in [0.4, 0.5) is 0 Å². The van der Waals surface area contributed by atoms with Crippen molar-refractivity contribution in [3.63, 3.8) is 0 Å². The molecule has 14 heteroatoms. The molecule has 1 aromatic carbocycles. The predicted molar refractivity (Wildman–Crippen MR) is 166 cm³/mol. The van der Waals surface area contributed by atoms with Crippen LogP contribution in [-0.2, 0) is 33.8 Å². The van der Waals surface area contributed by atoms with E-state index in [0.717, 1.165) is 75.6 Å². The van der Waals surface area contributed by atoms with Gasteiger partial charge in [-0.2, -0.15) is 0 Å². The third-order valence-electron chi connectivity index (χ3n) is 9.00. The number of aromatic nitrogens is 4. The first-order valence-electron chi connectivity index (χ1n) is 16.1. The summed E-state index contributed by atoms with van der Waals surface area (Å²) in [6.07, 6.45) is 5.77. The molecular weight excluding hydrogens is 604 g/mol. The van der Waals surface area contributed by atoms with Crippen molar-refractivity contribution in [1.29, 1.82) is 0 Å². The first-order valence-corrected chi connectivity index (χ1v) is 16.1. The fourth-order valence-corrected chi connectivity index (χ4v) is 6.60. The summed E-state index contributed by atoms with van der Waals surface area (Å²) >= 11 is 0. The lowest BCUT2D eigenvalue weighted by Gasteiger charge is -2.34. The Bertz CT molecular complexity index is 1770. The molecule has 1 fully saturated rings. The summed E-state index contributed by atoms with van der Waals surface area (Å²) < 4.78 is 0. The van der Waals surface area contributed by atoms with E-state index in [-0.39, 0.29) is 32.7 Å². The summed E-state index contributed by atoms with van der Waals surface area (Å²) in [7, 11) is 0. The number of aryl methyl sites for hydroxylation is 2. The summed E-state index contributed by atoms with van der Waals surface area (Å²) in [5, 5.41) is 36.2. The number of carboxylic acid groups (broad SMARTS) is 3. The Kier molecular flexibility index (Phi) is 10.1. The monoisotopic (exact) mass is 641 g/mol. The van der Waals surface area contributed by atoms with Crippen LogP contribution >= 0.6 is 0 Å². The highest BCUT2D eigenvalue weighted by Gasteiger charge is 2.21. The predicted octanol–water partition coefficient (Wildman–Crippen LogP) is -2.42. The van der Waals surface area contributed by atoms with Crippen LogP contribution in [0.5, 0.6) is 0 Å². The standard InChI is InChI=1S/C33H40N8O6/c42-27(43)19-39-12-10-38(11-13-40(20-28(44)45)15-17-41(16-14-39)21-29(46)47)18-22-7-8-24-31(35-22)30-23(4-3-9-34-30)32-33(24)37-26-6-2-1-5-25(26)36-32/h3-4,7-9H,1-2,5-6,10-21H2,(H,42,43)(H,44,45)(H,46,47)/p-3. The van der Waals surface area contributed by atoms with Crippen molar-refractivity contribution in [2.75, 3.05) is 72.0 Å². The largest absolute Gasteiger partial charge is 0.549 e. The minimum absolute atomic E-state index is 0.271. The summed E-state index contributed by atoms with van der Waals surface area (Å²) in [6.45, 7) is 2.27. The molecule has 0 atom stereocenters. The lowest BCUT2D eigenvalue weighted by Crippen LogP contribution is -2.51. The van der Waals surface area contributed by atoms with Crippen LogP contribution in [0.3, 0.4) is 0 Å². The highest BCUT2D eigenvalue weighted by Crippen LogP contribution is 2.33. The quantitative estimate of drug-likeness (QED) is 0.185. The lowest BCUT2D eigenvalue weighted by atomic mass is 9.99. The summed E-state index contributed by atoms with van der Waals surface area (Å²) in [4.78, 5) is 61.6. The highest BCUT2D eigenvalue weighted by atomic mass is 16.4. The third kappa shape index (κ3) is 7.96. The van der Waals surface area contributed by atoms with E-state index in [4.69, 9.17) is 19.9 Å². The Morgan fingerprint density at radius 2 is 1.02 bits per heavy atom. The van der Waals surface area contributed by atoms with Crippen molar-refractivity contribution in [1.82, 2.24) is 39.5 Å². The number of benzene rings is 1. The van der Waals surface area contributed by atoms with Crippen molar-refractivity contribution < 1.29 is 29.7 Å². The number of nitrogens with zero attached hydrogens (tertiary/aromatic N) is 8. The second-order valence-electron chi connectivity index (χ2n) is 12.3. The topological polar surface area (TPSA) is 185 Å². The van der Waals surface area contributed by atoms with Crippen LogP contribution in [0, 0.1) is 0 Å². The van der Waals surface area contributed by atoms with Gasteiger partial charge in [-0.15, -0.1) is 0 Å². The molecule has 6 rings (SSSR count). The van der Waals surface area contributed by atoms with E-state index in [1.165, 1.54) is 0 Å². The van der Waals surface area contributed by atoms with Crippen LogP contribution in [0.25, 0.3) is 32.8 Å². The first kappa shape index (κ1) is 32.6. The number of carboxylic acids is 3. The zero-order chi connectivity index (χ0) is 32.9. The molecule has 0 unspecified atom stereocenters. The van der Waals surface area contributed by atoms with Gasteiger partial charge in [0, 0.05) is 95.5 Å². The molecule has 0 saturated carbocycles. The lowest BCUT2D eigenvalue weighted by molar-refractivity contribution is -0.308. The van der Waals surface area contributed by atoms with Crippen LogP contribution in [0.2, 0.25) is 0 Å². The number of fused-ring (bicyclic) bond motifs is 7. The van der Waals surface area contributed by atoms with Crippen molar-refractivity contribution in [2.45, 2.75) is 32.2 Å². The fourth-order valence-electron chi connectivity index (χ4n) is 6.60. The molecule has 14 nitrogen and oxygen atoms in total. The average Bonchev–Trinajstić information content (AvgIpc) is 3.04. The molecule has 0 spiro atoms. The van der Waals surface area contributed by atoms with Crippen molar-refractivity contribution in [3.8, 4) is 0 Å². The van der Waals surface area contributed by atoms with Gasteiger partial charge in [-0.1, -0.05) is 0 Å². The van der Waals surface area contributed by atoms with Gasteiger partial charge in [0.05, 0.1) is 57.1 Å². The summed E-state index contributed by atoms with van der Waals surface area (Å²) in [5.41, 5.74) is 6.00. The maximum atomic E-state index is 11.5. The van der Waals surface area contributed by atoms with Crippen LogP contribution in [0.1, 0.15) is 29.9 Å². The third-order valence-corrected chi connectivity index (χ3v) is 9.00. The number of pyridine rings is 2. The molecule has 0 bridgehead atoms. The van der Waals surface area contributed by atoms with Crippen LogP contribution in [0.15, 0.2) is 30.5 Å². The Labute approximate surface area is 271 Å². The van der Waals surface area contributed by atoms with E-state index >= 15 is 0 Å². The number of hydrogen-bond donors (Lipinski definition) is 0. The maximum Gasteiger partial charge on any atom is 0.0992 e. The van der Waals surface area contributed by atoms with E-state index in [1.54, 1.807) is 20.9 Å². The number of aliphatic carboxylic acids is 3. The molecule has 47 heavy (non-hydrogen) atoms. The molecule has 4 aromatic rings. The van der Waals surface area contributed by atoms with Gasteiger partial charge in [0.25, 0.3) is 0 Å². The van der Waals surface area contributed by atoms with Gasteiger partial charge in [-0.05, 0) is 49.9 Å². The van der Waals surface area contributed by atoms with Crippen LogP contribution < -0.4 is 15.3 Å². The Balaban J connectivity index is 1.31. The van der Waals surface area contributed by atoms with Gasteiger partial charge < -0.3 is 29.7 Å². The minimum atomic E-state index is -1.26. The van der Waals surface area contributed by atoms with E-state index in [0.29, 0.717) is 45.8 Å². The van der Waals surface area contributed by atoms with Gasteiger partial charge in [0.2, 0.25) is 0 Å². The van der Waals surface area contributed by atoms with Gasteiger partial charge in [0.1, 0.15) is 0 Å². The number of carbonyl (C=O) groups is 3. The Hall–Kier alpha value is -4.37. The summed E-state index contributed by atoms with van der Waals surface area (Å²) in [6, 6.07) is 7.88. The molecule has 2 aliphatic rings. The molecule has 1 saturated heterocycles. The number of carbonyl (C=O) groups excluding carboxylic acids is 3. The Morgan fingerprint density at radius 3 is 1.51 bits per heavy atom. The molecule has 0 N–H and O–H groups in total. The molecule has 1 aliphatic carbocycles. The fraction of sp³-hybridized carbons (Fsp3) is 0.485. The van der Waals surface area contributed by atoms with E-state index in [9.17, 15) is 29.7 Å². The second kappa shape index (κ2) is 14.6. The van der Waals surface area contributed by atoms with Gasteiger partial charge in [-0.3, -0.25) is 24.6 Å². The normalized spacial score (nSPS) is 18.1. The first-order chi connectivity index (χ1) is 22.7. The minimum Gasteiger partial charge on any atom is -0.549 e. The Morgan fingerprint density at radius 1 is 0.574 bits per heavy atom. The zero-order valence-electron chi connectivity index (χ0n) is 26.2. The zero-order valence-corrected chi connectivity index (χ0v) is 26.2. The van der Waals surface area contributed by atoms with Gasteiger partial charge >= 0.3 is 0 Å². The van der Waals surface area contributed by atoms with Crippen molar-refractivity contribution in [3.05, 3.63) is 47.5 Å². The highest BCUT2D eigenvalue weighted by molar-refractivity contribution is 6.20. The van der Waals surface area contributed by atoms with E-state index in [1.807, 2.05) is 24.3 Å². The molecule has 0 radical (unpaired) electrons. The average molecular weight is 642 g/mol. The molecule has 4 heterocycles. The number of rotatable bonds is 8. The molecule has 248 valence electrons. The van der Waals surface area contributed by atoms with Crippen molar-refractivity contribution >= 4 is 50.7 Å². The maximum absolute atomic E-state index is 11.5.